The average molecular weight is 582 g/mol. The Morgan fingerprint density at radius 2 is 1.57 bits per heavy atom. The number of aryl methyl sites for hydroxylation is 5. The number of nitrogens with zero attached hydrogens (tertiary/aromatic N) is 2. The second-order valence-corrected chi connectivity index (χ2v) is 12.8. The smallest absolute Gasteiger partial charge is 0.136 e. The van der Waals surface area contributed by atoms with Gasteiger partial charge in [-0.05, 0) is 85.1 Å². The highest BCUT2D eigenvalue weighted by molar-refractivity contribution is 6.30. The lowest BCUT2D eigenvalue weighted by Gasteiger charge is -2.29. The summed E-state index contributed by atoms with van der Waals surface area (Å²) in [5.41, 5.74) is 11.7. The van der Waals surface area contributed by atoms with E-state index in [-0.39, 0.29) is 6.04 Å². The summed E-state index contributed by atoms with van der Waals surface area (Å²) in [7, 11) is 2.11. The van der Waals surface area contributed by atoms with Crippen molar-refractivity contribution in [2.45, 2.75) is 86.1 Å². The van der Waals surface area contributed by atoms with Crippen molar-refractivity contribution in [1.82, 2.24) is 9.55 Å². The highest BCUT2D eigenvalue weighted by atomic mass is 35.5. The van der Waals surface area contributed by atoms with E-state index in [0.717, 1.165) is 57.7 Å². The van der Waals surface area contributed by atoms with Crippen molar-refractivity contribution in [2.24, 2.45) is 7.05 Å². The molecule has 2 aromatic heterocycles. The number of halogens is 1. The quantitative estimate of drug-likeness (QED) is 0.225. The number of fused-ring (bicyclic) bond motifs is 1. The predicted octanol–water partition coefficient (Wildman–Crippen LogP) is 10.7. The largest absolute Gasteiger partial charge is 0.460 e. The van der Waals surface area contributed by atoms with Crippen molar-refractivity contribution in [2.75, 3.05) is 5.32 Å². The lowest BCUT2D eigenvalue weighted by atomic mass is 9.89. The van der Waals surface area contributed by atoms with Gasteiger partial charge in [0.05, 0.1) is 11.3 Å². The minimum atomic E-state index is -0.174. The maximum absolute atomic E-state index is 6.67. The van der Waals surface area contributed by atoms with Gasteiger partial charge >= 0.3 is 0 Å². The molecule has 42 heavy (non-hydrogen) atoms. The summed E-state index contributed by atoms with van der Waals surface area (Å²) in [5, 5.41) is 4.83. The molecule has 220 valence electrons. The lowest BCUT2D eigenvalue weighted by molar-refractivity contribution is 0.508. The molecule has 2 aromatic carbocycles. The van der Waals surface area contributed by atoms with Crippen LogP contribution in [0.25, 0.3) is 23.4 Å². The summed E-state index contributed by atoms with van der Waals surface area (Å²) in [6, 6.07) is 8.61. The summed E-state index contributed by atoms with van der Waals surface area (Å²) >= 11 is 6.67. The second kappa shape index (κ2) is 12.0. The van der Waals surface area contributed by atoms with E-state index in [1.54, 1.807) is 0 Å². The SMILES string of the molecule is CCc1oc2c(c1-c1cn(C)c(C(Nc3c(C(C)C)cc(Cl)cc3C(C)C)c3c(C)cc(C)cc3C)n1)C=CCC=C2. The topological polar surface area (TPSA) is 43.0 Å². The molecule has 0 radical (unpaired) electrons. The minimum absolute atomic E-state index is 0.174. The number of aromatic nitrogens is 2. The summed E-state index contributed by atoms with van der Waals surface area (Å²) < 4.78 is 8.52. The molecule has 1 atom stereocenters. The van der Waals surface area contributed by atoms with Gasteiger partial charge in [0.1, 0.15) is 23.4 Å². The molecular weight excluding hydrogens is 538 g/mol. The number of furan rings is 1. The third kappa shape index (κ3) is 5.62. The lowest BCUT2D eigenvalue weighted by Crippen LogP contribution is -2.21. The molecule has 0 bridgehead atoms. The normalized spacial score (nSPS) is 13.6. The molecule has 4 nitrogen and oxygen atoms in total. The Labute approximate surface area is 256 Å². The van der Waals surface area contributed by atoms with Gasteiger partial charge in [0.2, 0.25) is 0 Å². The zero-order valence-electron chi connectivity index (χ0n) is 26.5. The Hall–Kier alpha value is -3.50. The van der Waals surface area contributed by atoms with Crippen LogP contribution in [0.5, 0.6) is 0 Å². The first kappa shape index (κ1) is 30.0. The van der Waals surface area contributed by atoms with Gasteiger partial charge in [-0.2, -0.15) is 0 Å². The van der Waals surface area contributed by atoms with Gasteiger partial charge in [-0.25, -0.2) is 4.98 Å². The fraction of sp³-hybridized carbons (Fsp3) is 0.378. The van der Waals surface area contributed by atoms with Crippen molar-refractivity contribution in [3.63, 3.8) is 0 Å². The molecule has 0 spiro atoms. The summed E-state index contributed by atoms with van der Waals surface area (Å²) in [6.45, 7) is 17.7. The number of allylic oxidation sites excluding steroid dienone is 2. The van der Waals surface area contributed by atoms with Crippen LogP contribution < -0.4 is 5.32 Å². The first-order valence-electron chi connectivity index (χ1n) is 15.2. The van der Waals surface area contributed by atoms with E-state index in [4.69, 9.17) is 21.0 Å². The van der Waals surface area contributed by atoms with E-state index < -0.39 is 0 Å². The maximum Gasteiger partial charge on any atom is 0.136 e. The Bertz CT molecular complexity index is 1630. The van der Waals surface area contributed by atoms with Crippen LogP contribution in [-0.2, 0) is 13.5 Å². The number of rotatable bonds is 8. The minimum Gasteiger partial charge on any atom is -0.460 e. The number of nitrogens with one attached hydrogen (secondary N) is 1. The maximum atomic E-state index is 6.67. The molecule has 5 heteroatoms. The van der Waals surface area contributed by atoms with Crippen LogP contribution in [0.2, 0.25) is 5.02 Å². The number of imidazole rings is 1. The molecule has 1 unspecified atom stereocenters. The average Bonchev–Trinajstić information content (AvgIpc) is 3.38. The highest BCUT2D eigenvalue weighted by Crippen LogP contribution is 2.41. The third-order valence-corrected chi connectivity index (χ3v) is 8.56. The standard InChI is InChI=1S/C37H44ClN3O/c1-10-31-34(27-14-12-11-13-15-32(27)42-31)30-20-41(9)37(39-30)36(33-24(7)16-23(6)17-25(33)8)40-35-28(21(2)3)18-26(38)19-29(35)22(4)5/h12-22,36,40H,10-11H2,1-9H3. The first-order valence-corrected chi connectivity index (χ1v) is 15.6. The first-order chi connectivity index (χ1) is 20.0. The Morgan fingerprint density at radius 1 is 0.952 bits per heavy atom. The van der Waals surface area contributed by atoms with Crippen LogP contribution in [0, 0.1) is 20.8 Å². The zero-order chi connectivity index (χ0) is 30.3. The monoisotopic (exact) mass is 581 g/mol. The Morgan fingerprint density at radius 3 is 2.17 bits per heavy atom. The highest BCUT2D eigenvalue weighted by Gasteiger charge is 2.29. The van der Waals surface area contributed by atoms with Gasteiger partial charge in [0.25, 0.3) is 0 Å². The molecule has 2 heterocycles. The van der Waals surface area contributed by atoms with Crippen LogP contribution in [-0.4, -0.2) is 9.55 Å². The molecule has 5 rings (SSSR count). The Balaban J connectivity index is 1.74. The molecule has 0 saturated carbocycles. The van der Waals surface area contributed by atoms with Gasteiger partial charge in [0.15, 0.2) is 0 Å². The summed E-state index contributed by atoms with van der Waals surface area (Å²) in [5.74, 6) is 3.44. The predicted molar refractivity (Wildman–Crippen MR) is 179 cm³/mol. The van der Waals surface area contributed by atoms with Crippen LogP contribution in [0.3, 0.4) is 0 Å². The number of hydrogen-bond acceptors (Lipinski definition) is 3. The van der Waals surface area contributed by atoms with E-state index >= 15 is 0 Å². The fourth-order valence-electron chi connectivity index (χ4n) is 6.42. The van der Waals surface area contributed by atoms with E-state index in [9.17, 15) is 0 Å². The van der Waals surface area contributed by atoms with E-state index in [1.165, 1.54) is 33.4 Å². The molecular formula is C37H44ClN3O. The van der Waals surface area contributed by atoms with Crippen molar-refractivity contribution in [1.29, 1.82) is 0 Å². The van der Waals surface area contributed by atoms with Gasteiger partial charge in [0, 0.05) is 35.9 Å². The van der Waals surface area contributed by atoms with E-state index in [2.05, 4.69) is 127 Å². The van der Waals surface area contributed by atoms with Crippen molar-refractivity contribution in [3.05, 3.63) is 104 Å². The van der Waals surface area contributed by atoms with Crippen LogP contribution in [0.4, 0.5) is 5.69 Å². The molecule has 1 aliphatic rings. The molecule has 1 aliphatic carbocycles. The van der Waals surface area contributed by atoms with Crippen LogP contribution in [0.15, 0.2) is 47.0 Å². The number of benzene rings is 2. The van der Waals surface area contributed by atoms with E-state index in [1.807, 2.05) is 0 Å². The van der Waals surface area contributed by atoms with Crippen molar-refractivity contribution >= 4 is 29.4 Å². The number of hydrogen-bond donors (Lipinski definition) is 1. The van der Waals surface area contributed by atoms with Crippen LogP contribution in [0.1, 0.15) is 115 Å². The van der Waals surface area contributed by atoms with Crippen molar-refractivity contribution in [3.8, 4) is 11.3 Å². The van der Waals surface area contributed by atoms with Gasteiger partial charge < -0.3 is 14.3 Å². The second-order valence-electron chi connectivity index (χ2n) is 12.3. The zero-order valence-corrected chi connectivity index (χ0v) is 27.3. The third-order valence-electron chi connectivity index (χ3n) is 8.34. The molecule has 0 fully saturated rings. The van der Waals surface area contributed by atoms with E-state index in [0.29, 0.717) is 11.8 Å². The van der Waals surface area contributed by atoms with Crippen molar-refractivity contribution < 1.29 is 4.42 Å². The van der Waals surface area contributed by atoms with Gasteiger partial charge in [-0.3, -0.25) is 0 Å². The van der Waals surface area contributed by atoms with Crippen LogP contribution >= 0.6 is 11.6 Å². The fourth-order valence-corrected chi connectivity index (χ4v) is 6.66. The molecule has 4 aromatic rings. The molecule has 0 saturated heterocycles. The summed E-state index contributed by atoms with van der Waals surface area (Å²) in [6.07, 6.45) is 12.5. The van der Waals surface area contributed by atoms with Gasteiger partial charge in [-0.15, -0.1) is 0 Å². The van der Waals surface area contributed by atoms with Gasteiger partial charge in [-0.1, -0.05) is 82.1 Å². The molecule has 1 N–H and O–H groups in total. The molecule has 0 aliphatic heterocycles. The summed E-state index contributed by atoms with van der Waals surface area (Å²) in [4.78, 5) is 5.40. The molecule has 0 amide bonds. The Kier molecular flexibility index (Phi) is 8.57. The number of anilines is 1.